The first-order chi connectivity index (χ1) is 6.36. The quantitative estimate of drug-likeness (QED) is 0.622. The minimum absolute atomic E-state index is 0.568. The van der Waals surface area contributed by atoms with Gasteiger partial charge in [-0.3, -0.25) is 4.99 Å². The van der Waals surface area contributed by atoms with Crippen molar-refractivity contribution in [1.82, 2.24) is 4.98 Å². The van der Waals surface area contributed by atoms with Crippen molar-refractivity contribution < 1.29 is 4.42 Å². The van der Waals surface area contributed by atoms with Gasteiger partial charge in [-0.2, -0.15) is 4.98 Å². The average Bonchev–Trinajstić information content (AvgIpc) is 2.19. The van der Waals surface area contributed by atoms with E-state index in [4.69, 9.17) is 0 Å². The van der Waals surface area contributed by atoms with Crippen LogP contribution in [0.4, 0.5) is 5.82 Å². The number of hydrogen-bond donors (Lipinski definition) is 0. The monoisotopic (exact) mass is 177 g/mol. The third-order valence-electron chi connectivity index (χ3n) is 1.60. The summed E-state index contributed by atoms with van der Waals surface area (Å²) < 4.78 is 4.51. The maximum atomic E-state index is 10.8. The highest BCUT2D eigenvalue weighted by molar-refractivity contribution is 5.68. The van der Waals surface area contributed by atoms with Gasteiger partial charge in [0, 0.05) is 24.7 Å². The third-order valence-corrected chi connectivity index (χ3v) is 1.60. The maximum absolute atomic E-state index is 10.8. The number of rotatable bonds is 1. The number of nitrogens with zero attached hydrogens (tertiary/aromatic N) is 3. The Hall–Kier alpha value is -1.91. The first-order valence-electron chi connectivity index (χ1n) is 3.77. The van der Waals surface area contributed by atoms with E-state index in [1.54, 1.807) is 29.6 Å². The highest BCUT2D eigenvalue weighted by Gasteiger charge is 2.05. The molecule has 1 aromatic heterocycles. The topological polar surface area (TPSA) is 58.7 Å². The Morgan fingerprint density at radius 1 is 1.54 bits per heavy atom. The molecule has 5 heteroatoms. The lowest BCUT2D eigenvalue weighted by atomic mass is 10.4. The second-order valence-electron chi connectivity index (χ2n) is 2.44. The Labute approximate surface area is 74.0 Å². The van der Waals surface area contributed by atoms with Crippen LogP contribution in [0.3, 0.4) is 0 Å². The molecule has 0 radical (unpaired) electrons. The zero-order chi connectivity index (χ0) is 9.10. The summed E-state index contributed by atoms with van der Waals surface area (Å²) in [7, 11) is 0. The van der Waals surface area contributed by atoms with E-state index in [1.807, 2.05) is 0 Å². The van der Waals surface area contributed by atoms with Gasteiger partial charge in [-0.05, 0) is 0 Å². The summed E-state index contributed by atoms with van der Waals surface area (Å²) in [5.41, 5.74) is 0. The van der Waals surface area contributed by atoms with Gasteiger partial charge >= 0.3 is 5.76 Å². The lowest BCUT2D eigenvalue weighted by molar-refractivity contribution is 0.484. The highest BCUT2D eigenvalue weighted by atomic mass is 16.4. The third kappa shape index (κ3) is 1.64. The van der Waals surface area contributed by atoms with Crippen LogP contribution >= 0.6 is 0 Å². The van der Waals surface area contributed by atoms with E-state index < -0.39 is 5.76 Å². The normalized spacial score (nSPS) is 14.9. The molecule has 0 bridgehead atoms. The number of aliphatic imine (C=N–C) groups is 1. The molecule has 1 aliphatic heterocycles. The van der Waals surface area contributed by atoms with Crippen LogP contribution in [0.1, 0.15) is 0 Å². The second-order valence-corrected chi connectivity index (χ2v) is 2.44. The van der Waals surface area contributed by atoms with Crippen LogP contribution in [-0.2, 0) is 0 Å². The predicted octanol–water partition coefficient (Wildman–Crippen LogP) is 0.397. The SMILES string of the molecule is O=c1nc(N2C=CN=CC2)cco1. The molecule has 1 aromatic rings. The van der Waals surface area contributed by atoms with Crippen LogP contribution in [0.2, 0.25) is 0 Å². The van der Waals surface area contributed by atoms with E-state index in [1.165, 1.54) is 6.26 Å². The van der Waals surface area contributed by atoms with Crippen LogP contribution in [0.5, 0.6) is 0 Å². The van der Waals surface area contributed by atoms with E-state index in [2.05, 4.69) is 14.4 Å². The molecule has 0 amide bonds. The molecule has 0 N–H and O–H groups in total. The Balaban J connectivity index is 2.30. The Kier molecular flexibility index (Phi) is 1.91. The molecule has 2 heterocycles. The largest absolute Gasteiger partial charge is 0.440 e. The van der Waals surface area contributed by atoms with Crippen molar-refractivity contribution in [2.45, 2.75) is 0 Å². The maximum Gasteiger partial charge on any atom is 0.440 e. The lowest BCUT2D eigenvalue weighted by Gasteiger charge is -2.17. The summed E-state index contributed by atoms with van der Waals surface area (Å²) >= 11 is 0. The van der Waals surface area contributed by atoms with E-state index in [9.17, 15) is 4.79 Å². The summed E-state index contributed by atoms with van der Waals surface area (Å²) in [6, 6.07) is 1.63. The molecule has 0 saturated heterocycles. The van der Waals surface area contributed by atoms with Crippen LogP contribution < -0.4 is 10.7 Å². The number of anilines is 1. The highest BCUT2D eigenvalue weighted by Crippen LogP contribution is 2.08. The van der Waals surface area contributed by atoms with Crippen LogP contribution in [-0.4, -0.2) is 17.7 Å². The zero-order valence-corrected chi connectivity index (χ0v) is 6.75. The van der Waals surface area contributed by atoms with Gasteiger partial charge in [0.2, 0.25) is 0 Å². The number of hydrogen-bond acceptors (Lipinski definition) is 5. The molecule has 13 heavy (non-hydrogen) atoms. The van der Waals surface area contributed by atoms with Crippen molar-refractivity contribution in [1.29, 1.82) is 0 Å². The summed E-state index contributed by atoms with van der Waals surface area (Å²) in [6.07, 6.45) is 6.45. The molecule has 0 aromatic carbocycles. The lowest BCUT2D eigenvalue weighted by Crippen LogP contribution is -2.23. The minimum Gasteiger partial charge on any atom is -0.416 e. The van der Waals surface area contributed by atoms with Crippen LogP contribution in [0.25, 0.3) is 0 Å². The number of aromatic nitrogens is 1. The van der Waals surface area contributed by atoms with Gasteiger partial charge in [0.15, 0.2) is 0 Å². The fourth-order valence-electron chi connectivity index (χ4n) is 1.02. The van der Waals surface area contributed by atoms with Gasteiger partial charge in [0.05, 0.1) is 6.54 Å². The molecular formula is C8H7N3O2. The first-order valence-corrected chi connectivity index (χ1v) is 3.77. The van der Waals surface area contributed by atoms with Crippen molar-refractivity contribution in [2.24, 2.45) is 4.99 Å². The standard InChI is InChI=1S/C8H7N3O2/c12-8-10-7(1-6-13-8)11-4-2-9-3-5-11/h1-4,6H,5H2. The summed E-state index contributed by atoms with van der Waals surface area (Å²) in [5.74, 6) is -0.0212. The van der Waals surface area contributed by atoms with Gasteiger partial charge in [-0.15, -0.1) is 0 Å². The summed E-state index contributed by atoms with van der Waals surface area (Å²) in [6.45, 7) is 0.618. The molecule has 1 aliphatic rings. The Bertz CT molecular complexity index is 408. The first kappa shape index (κ1) is 7.72. The van der Waals surface area contributed by atoms with Gasteiger partial charge in [0.25, 0.3) is 0 Å². The Morgan fingerprint density at radius 2 is 2.46 bits per heavy atom. The van der Waals surface area contributed by atoms with Gasteiger partial charge in [0.1, 0.15) is 12.1 Å². The van der Waals surface area contributed by atoms with Crippen molar-refractivity contribution in [3.63, 3.8) is 0 Å². The van der Waals surface area contributed by atoms with Crippen molar-refractivity contribution in [2.75, 3.05) is 11.4 Å². The molecule has 0 saturated carbocycles. The molecule has 0 unspecified atom stereocenters. The zero-order valence-electron chi connectivity index (χ0n) is 6.75. The van der Waals surface area contributed by atoms with Crippen LogP contribution in [0, 0.1) is 0 Å². The van der Waals surface area contributed by atoms with Crippen molar-refractivity contribution >= 4 is 12.0 Å². The van der Waals surface area contributed by atoms with Crippen LogP contribution in [0.15, 0.2) is 38.9 Å². The predicted molar refractivity (Wildman–Crippen MR) is 47.8 cm³/mol. The molecule has 0 spiro atoms. The Morgan fingerprint density at radius 3 is 3.15 bits per heavy atom. The fourth-order valence-corrected chi connectivity index (χ4v) is 1.02. The summed E-state index contributed by atoms with van der Waals surface area (Å²) in [5, 5.41) is 0. The molecule has 0 aliphatic carbocycles. The fraction of sp³-hybridized carbons (Fsp3) is 0.125. The summed E-state index contributed by atoms with van der Waals surface area (Å²) in [4.78, 5) is 20.2. The van der Waals surface area contributed by atoms with Crippen molar-refractivity contribution in [3.05, 3.63) is 35.3 Å². The van der Waals surface area contributed by atoms with E-state index >= 15 is 0 Å². The molecule has 0 fully saturated rings. The van der Waals surface area contributed by atoms with E-state index in [0.29, 0.717) is 12.4 Å². The molecular weight excluding hydrogens is 170 g/mol. The minimum atomic E-state index is -0.589. The average molecular weight is 177 g/mol. The van der Waals surface area contributed by atoms with Gasteiger partial charge in [-0.25, -0.2) is 4.79 Å². The van der Waals surface area contributed by atoms with Crippen molar-refractivity contribution in [3.8, 4) is 0 Å². The molecule has 5 nitrogen and oxygen atoms in total. The smallest absolute Gasteiger partial charge is 0.416 e. The molecule has 0 atom stereocenters. The van der Waals surface area contributed by atoms with Gasteiger partial charge < -0.3 is 9.32 Å². The van der Waals surface area contributed by atoms with Gasteiger partial charge in [-0.1, -0.05) is 0 Å². The molecule has 66 valence electrons. The molecule has 2 rings (SSSR count). The van der Waals surface area contributed by atoms with E-state index in [-0.39, 0.29) is 0 Å². The van der Waals surface area contributed by atoms with E-state index in [0.717, 1.165) is 0 Å². The second kappa shape index (κ2) is 3.22.